The van der Waals surface area contributed by atoms with E-state index in [9.17, 15) is 14.7 Å². The molecule has 2 N–H and O–H groups in total. The average Bonchev–Trinajstić information content (AvgIpc) is 2.97. The van der Waals surface area contributed by atoms with Crippen LogP contribution < -0.4 is 11.2 Å². The van der Waals surface area contributed by atoms with E-state index in [1.165, 1.54) is 4.57 Å². The average molecular weight is 413 g/mol. The van der Waals surface area contributed by atoms with Gasteiger partial charge in [0.2, 0.25) is 0 Å². The molecule has 1 aliphatic rings. The first-order valence-electron chi connectivity index (χ1n) is 10.3. The molecule has 0 aliphatic carbocycles. The molecule has 160 valence electrons. The van der Waals surface area contributed by atoms with E-state index in [2.05, 4.69) is 45.8 Å². The van der Waals surface area contributed by atoms with E-state index in [1.807, 2.05) is 0 Å². The number of aryl methyl sites for hydroxylation is 1. The van der Waals surface area contributed by atoms with Gasteiger partial charge >= 0.3 is 5.69 Å². The Morgan fingerprint density at radius 2 is 2.00 bits per heavy atom. The van der Waals surface area contributed by atoms with Crippen molar-refractivity contribution in [2.45, 2.75) is 96.4 Å². The number of aliphatic hydroxyl groups excluding tert-OH is 1. The lowest BCUT2D eigenvalue weighted by molar-refractivity contribution is -0.0439. The van der Waals surface area contributed by atoms with Crippen molar-refractivity contribution < 1.29 is 14.3 Å². The molecule has 1 unspecified atom stereocenters. The maximum Gasteiger partial charge on any atom is 0.330 e. The van der Waals surface area contributed by atoms with E-state index in [1.54, 1.807) is 6.20 Å². The van der Waals surface area contributed by atoms with Crippen LogP contribution in [0.2, 0.25) is 18.1 Å². The molecule has 2 heterocycles. The highest BCUT2D eigenvalue weighted by Gasteiger charge is 2.45. The van der Waals surface area contributed by atoms with Crippen LogP contribution in [-0.2, 0) is 15.6 Å². The molecule has 0 spiro atoms. The van der Waals surface area contributed by atoms with Crippen LogP contribution in [0.25, 0.3) is 0 Å². The van der Waals surface area contributed by atoms with E-state index < -0.39 is 26.3 Å². The highest BCUT2D eigenvalue weighted by Crippen LogP contribution is 2.40. The minimum absolute atomic E-state index is 0.0341. The van der Waals surface area contributed by atoms with Crippen LogP contribution in [0.3, 0.4) is 0 Å². The van der Waals surface area contributed by atoms with Crippen molar-refractivity contribution in [1.82, 2.24) is 9.55 Å². The van der Waals surface area contributed by atoms with Crippen molar-refractivity contribution in [1.29, 1.82) is 0 Å². The second kappa shape index (κ2) is 9.07. The molecule has 0 radical (unpaired) electrons. The Hall–Kier alpha value is -1.22. The minimum Gasteiger partial charge on any atom is -0.411 e. The zero-order chi connectivity index (χ0) is 21.1. The van der Waals surface area contributed by atoms with Gasteiger partial charge in [-0.25, -0.2) is 4.79 Å². The molecule has 1 aromatic rings. The van der Waals surface area contributed by atoms with Gasteiger partial charge < -0.3 is 14.3 Å². The second-order valence-corrected chi connectivity index (χ2v) is 14.0. The zero-order valence-corrected chi connectivity index (χ0v) is 19.1. The molecule has 0 bridgehead atoms. The number of aromatic amines is 1. The van der Waals surface area contributed by atoms with Crippen LogP contribution in [0, 0.1) is 0 Å². The van der Waals surface area contributed by atoms with E-state index in [4.69, 9.17) is 9.16 Å². The van der Waals surface area contributed by atoms with Crippen LogP contribution in [0.1, 0.15) is 65.2 Å². The van der Waals surface area contributed by atoms with Gasteiger partial charge in [0.1, 0.15) is 12.3 Å². The predicted octanol–water partition coefficient (Wildman–Crippen LogP) is 2.94. The molecule has 1 fully saturated rings. The fourth-order valence-electron chi connectivity index (χ4n) is 3.20. The zero-order valence-electron chi connectivity index (χ0n) is 18.1. The highest BCUT2D eigenvalue weighted by molar-refractivity contribution is 6.74. The topological polar surface area (TPSA) is 93.6 Å². The summed E-state index contributed by atoms with van der Waals surface area (Å²) >= 11 is 0. The highest BCUT2D eigenvalue weighted by atomic mass is 28.4. The summed E-state index contributed by atoms with van der Waals surface area (Å²) in [5.74, 6) is 0. The standard InChI is InChI=1S/C20H36N2O5Si/c1-7-8-9-10-14-12-22(19(25)21-18(14)24)17-11-15(16(13-23)26-17)27-28(5,6)20(2,3)4/h12,15-17,23H,7-11,13H2,1-6H3,(H,21,24,25)/t15?,16-,17-/m0/s1. The number of unbranched alkanes of at least 4 members (excludes halogenated alkanes) is 2. The molecular formula is C20H36N2O5Si. The minimum atomic E-state index is -2.05. The van der Waals surface area contributed by atoms with Gasteiger partial charge in [0.15, 0.2) is 8.32 Å². The van der Waals surface area contributed by atoms with E-state index in [0.29, 0.717) is 18.4 Å². The molecule has 1 saturated heterocycles. The molecule has 28 heavy (non-hydrogen) atoms. The number of aromatic nitrogens is 2. The van der Waals surface area contributed by atoms with Crippen molar-refractivity contribution in [2.75, 3.05) is 6.61 Å². The summed E-state index contributed by atoms with van der Waals surface area (Å²) in [5, 5.41) is 9.81. The van der Waals surface area contributed by atoms with Crippen LogP contribution in [-0.4, -0.2) is 41.8 Å². The summed E-state index contributed by atoms with van der Waals surface area (Å²) in [6.45, 7) is 12.7. The lowest BCUT2D eigenvalue weighted by atomic mass is 10.1. The van der Waals surface area contributed by atoms with Gasteiger partial charge in [-0.05, 0) is 31.0 Å². The molecule has 0 saturated carbocycles. The largest absolute Gasteiger partial charge is 0.411 e. The molecule has 0 aromatic carbocycles. The van der Waals surface area contributed by atoms with E-state index >= 15 is 0 Å². The summed E-state index contributed by atoms with van der Waals surface area (Å²) in [6, 6.07) is 0. The van der Waals surface area contributed by atoms with Crippen molar-refractivity contribution in [3.63, 3.8) is 0 Å². The van der Waals surface area contributed by atoms with Gasteiger partial charge in [-0.2, -0.15) is 0 Å². The first kappa shape index (κ1) is 23.1. The molecule has 1 aliphatic heterocycles. The van der Waals surface area contributed by atoms with Crippen LogP contribution in [0.15, 0.2) is 15.8 Å². The first-order valence-corrected chi connectivity index (χ1v) is 13.2. The second-order valence-electron chi connectivity index (χ2n) is 9.24. The predicted molar refractivity (Wildman–Crippen MR) is 112 cm³/mol. The Balaban J connectivity index is 2.23. The summed E-state index contributed by atoms with van der Waals surface area (Å²) in [6.07, 6.45) is 4.40. The van der Waals surface area contributed by atoms with Crippen LogP contribution >= 0.6 is 0 Å². The molecule has 0 amide bonds. The molecule has 8 heteroatoms. The number of hydrogen-bond acceptors (Lipinski definition) is 5. The molecular weight excluding hydrogens is 376 g/mol. The third-order valence-corrected chi connectivity index (χ3v) is 10.5. The normalized spacial score (nSPS) is 23.3. The third-order valence-electron chi connectivity index (χ3n) is 6.01. The molecule has 7 nitrogen and oxygen atoms in total. The summed E-state index contributed by atoms with van der Waals surface area (Å²) in [5.41, 5.74) is -0.229. The van der Waals surface area contributed by atoms with E-state index in [-0.39, 0.29) is 23.3 Å². The Kier molecular flexibility index (Phi) is 7.47. The number of nitrogens with zero attached hydrogens (tertiary/aromatic N) is 1. The van der Waals surface area contributed by atoms with Crippen LogP contribution in [0.4, 0.5) is 0 Å². The third kappa shape index (κ3) is 5.22. The summed E-state index contributed by atoms with van der Waals surface area (Å²) < 4.78 is 13.9. The van der Waals surface area contributed by atoms with Gasteiger partial charge in [0.25, 0.3) is 5.56 Å². The van der Waals surface area contributed by atoms with Gasteiger partial charge in [-0.3, -0.25) is 14.3 Å². The number of hydrogen-bond donors (Lipinski definition) is 2. The fourth-order valence-corrected chi connectivity index (χ4v) is 4.56. The first-order chi connectivity index (χ1) is 13.0. The Labute approximate surface area is 168 Å². The molecule has 2 rings (SSSR count). The van der Waals surface area contributed by atoms with Crippen LogP contribution in [0.5, 0.6) is 0 Å². The maximum atomic E-state index is 12.4. The lowest BCUT2D eigenvalue weighted by Gasteiger charge is -2.39. The van der Waals surface area contributed by atoms with Gasteiger partial charge in [-0.1, -0.05) is 40.5 Å². The molecule has 3 atom stereocenters. The fraction of sp³-hybridized carbons (Fsp3) is 0.800. The smallest absolute Gasteiger partial charge is 0.330 e. The quantitative estimate of drug-likeness (QED) is 0.506. The van der Waals surface area contributed by atoms with Crippen molar-refractivity contribution in [2.24, 2.45) is 0 Å². The molecule has 1 aromatic heterocycles. The van der Waals surface area contributed by atoms with Gasteiger partial charge in [0, 0.05) is 18.2 Å². The van der Waals surface area contributed by atoms with Crippen molar-refractivity contribution in [3.8, 4) is 0 Å². The van der Waals surface area contributed by atoms with Gasteiger partial charge in [0.05, 0.1) is 12.7 Å². The number of aliphatic hydroxyl groups is 1. The Bertz CT molecular complexity index is 765. The Morgan fingerprint density at radius 3 is 2.57 bits per heavy atom. The monoisotopic (exact) mass is 412 g/mol. The Morgan fingerprint density at radius 1 is 1.32 bits per heavy atom. The van der Waals surface area contributed by atoms with E-state index in [0.717, 1.165) is 19.3 Å². The number of H-pyrrole nitrogens is 1. The summed E-state index contributed by atoms with van der Waals surface area (Å²) in [7, 11) is -2.05. The lowest BCUT2D eigenvalue weighted by Crippen LogP contribution is -2.46. The number of rotatable bonds is 8. The van der Waals surface area contributed by atoms with Crippen molar-refractivity contribution >= 4 is 8.32 Å². The van der Waals surface area contributed by atoms with Crippen molar-refractivity contribution in [3.05, 3.63) is 32.6 Å². The summed E-state index contributed by atoms with van der Waals surface area (Å²) in [4.78, 5) is 26.9. The maximum absolute atomic E-state index is 12.4. The number of ether oxygens (including phenoxy) is 1. The van der Waals surface area contributed by atoms with Gasteiger partial charge in [-0.15, -0.1) is 0 Å². The SMILES string of the molecule is CCCCCc1cn([C@@H]2CC(O[Si](C)(C)C(C)(C)C)[C@H](CO)O2)c(=O)[nH]c1=O. The number of nitrogens with one attached hydrogen (secondary N) is 1.